The van der Waals surface area contributed by atoms with Gasteiger partial charge < -0.3 is 9.52 Å². The van der Waals surface area contributed by atoms with E-state index in [1.165, 1.54) is 40.0 Å². The Kier molecular flexibility index (Phi) is 5.85. The Bertz CT molecular complexity index is 1350. The van der Waals surface area contributed by atoms with Crippen LogP contribution < -0.4 is 5.76 Å². The van der Waals surface area contributed by atoms with Gasteiger partial charge in [-0.05, 0) is 32.9 Å². The second kappa shape index (κ2) is 7.97. The minimum absolute atomic E-state index is 0.0256. The molecule has 0 saturated carbocycles. The Balaban J connectivity index is 2.26. The van der Waals surface area contributed by atoms with E-state index in [2.05, 4.69) is 10.2 Å². The van der Waals surface area contributed by atoms with Crippen LogP contribution in [0.3, 0.4) is 0 Å². The zero-order valence-corrected chi connectivity index (χ0v) is 19.1. The van der Waals surface area contributed by atoms with Crippen LogP contribution in [0.15, 0.2) is 26.2 Å². The molecule has 0 atom stereocenters. The van der Waals surface area contributed by atoms with E-state index in [9.17, 15) is 23.1 Å². The summed E-state index contributed by atoms with van der Waals surface area (Å²) in [5.74, 6) is -1.68. The number of hydrogen-bond acceptors (Lipinski definition) is 8. The van der Waals surface area contributed by atoms with Gasteiger partial charge in [-0.1, -0.05) is 11.6 Å². The number of aryl methyl sites for hydroxylation is 3. The van der Waals surface area contributed by atoms with E-state index >= 15 is 0 Å². The zero-order chi connectivity index (χ0) is 23.2. The second-order valence-corrected chi connectivity index (χ2v) is 10.1. The lowest BCUT2D eigenvalue weighted by Crippen LogP contribution is -2.22. The molecule has 3 aromatic rings. The number of carbonyl (C=O) groups excluding carboxylic acids is 1. The lowest BCUT2D eigenvalue weighted by atomic mass is 10.0. The average molecular weight is 469 g/mol. The van der Waals surface area contributed by atoms with Gasteiger partial charge in [-0.15, -0.1) is 5.10 Å². The maximum Gasteiger partial charge on any atom is 0.437 e. The molecule has 0 aliphatic carbocycles. The fourth-order valence-corrected chi connectivity index (χ4v) is 4.80. The van der Waals surface area contributed by atoms with Crippen LogP contribution in [-0.2, 0) is 23.4 Å². The molecular weight excluding hydrogens is 448 g/mol. The molecule has 12 heteroatoms. The first-order valence-corrected chi connectivity index (χ1v) is 11.2. The Morgan fingerprint density at radius 3 is 2.39 bits per heavy atom. The third-order valence-electron chi connectivity index (χ3n) is 4.81. The topological polar surface area (TPSA) is 137 Å². The summed E-state index contributed by atoms with van der Waals surface area (Å²) < 4.78 is 32.8. The SMILES string of the molecule is Cc1nn(Cc2c(S(=O)(=O)C(C)C)ccc(C(=O)c3c(C)nn(C)c3O)c2Cl)c(=O)o1. The number of ketones is 1. The van der Waals surface area contributed by atoms with Crippen molar-refractivity contribution in [1.29, 1.82) is 0 Å². The Labute approximate surface area is 183 Å². The molecule has 0 amide bonds. The highest BCUT2D eigenvalue weighted by Crippen LogP contribution is 2.33. The van der Waals surface area contributed by atoms with Crippen molar-refractivity contribution in [3.63, 3.8) is 0 Å². The Morgan fingerprint density at radius 1 is 1.26 bits per heavy atom. The summed E-state index contributed by atoms with van der Waals surface area (Å²) in [6.07, 6.45) is 0. The maximum absolute atomic E-state index is 13.1. The summed E-state index contributed by atoms with van der Waals surface area (Å²) >= 11 is 6.52. The van der Waals surface area contributed by atoms with Crippen LogP contribution in [0.2, 0.25) is 5.02 Å². The van der Waals surface area contributed by atoms with Crippen molar-refractivity contribution in [2.45, 2.75) is 44.4 Å². The van der Waals surface area contributed by atoms with Gasteiger partial charge in [0.05, 0.1) is 27.4 Å². The van der Waals surface area contributed by atoms with Gasteiger partial charge >= 0.3 is 5.76 Å². The van der Waals surface area contributed by atoms with Gasteiger partial charge in [-0.2, -0.15) is 9.78 Å². The molecule has 10 nitrogen and oxygen atoms in total. The van der Waals surface area contributed by atoms with E-state index in [1.54, 1.807) is 6.92 Å². The Morgan fingerprint density at radius 2 is 1.90 bits per heavy atom. The molecule has 0 saturated heterocycles. The smallest absolute Gasteiger partial charge is 0.437 e. The van der Waals surface area contributed by atoms with Crippen LogP contribution >= 0.6 is 11.6 Å². The van der Waals surface area contributed by atoms with Gasteiger partial charge in [0.2, 0.25) is 17.6 Å². The van der Waals surface area contributed by atoms with E-state index in [-0.39, 0.29) is 50.6 Å². The minimum Gasteiger partial charge on any atom is -0.493 e. The molecule has 1 N–H and O–H groups in total. The number of rotatable bonds is 6. The van der Waals surface area contributed by atoms with E-state index in [4.69, 9.17) is 16.0 Å². The number of hydrogen-bond donors (Lipinski definition) is 1. The van der Waals surface area contributed by atoms with Crippen molar-refractivity contribution < 1.29 is 22.7 Å². The second-order valence-electron chi connectivity index (χ2n) is 7.28. The van der Waals surface area contributed by atoms with Crippen molar-refractivity contribution in [3.8, 4) is 5.88 Å². The lowest BCUT2D eigenvalue weighted by Gasteiger charge is -2.16. The summed E-state index contributed by atoms with van der Waals surface area (Å²) in [5.41, 5.74) is 0.214. The van der Waals surface area contributed by atoms with E-state index in [0.29, 0.717) is 0 Å². The first kappa shape index (κ1) is 22.8. The van der Waals surface area contributed by atoms with Crippen LogP contribution in [0.5, 0.6) is 5.88 Å². The fourth-order valence-electron chi connectivity index (χ4n) is 3.15. The predicted molar refractivity (Wildman–Crippen MR) is 111 cm³/mol. The lowest BCUT2D eigenvalue weighted by molar-refractivity contribution is 0.103. The highest BCUT2D eigenvalue weighted by molar-refractivity contribution is 7.92. The van der Waals surface area contributed by atoms with Gasteiger partial charge in [0.25, 0.3) is 0 Å². The van der Waals surface area contributed by atoms with Crippen molar-refractivity contribution in [3.05, 3.63) is 56.0 Å². The van der Waals surface area contributed by atoms with Crippen molar-refractivity contribution >= 4 is 27.2 Å². The zero-order valence-electron chi connectivity index (χ0n) is 17.5. The van der Waals surface area contributed by atoms with Crippen molar-refractivity contribution in [2.24, 2.45) is 7.05 Å². The molecular formula is C19H21ClN4O6S. The van der Waals surface area contributed by atoms with Gasteiger partial charge in [0, 0.05) is 25.1 Å². The summed E-state index contributed by atoms with van der Waals surface area (Å²) in [7, 11) is -2.33. The minimum atomic E-state index is -3.81. The molecule has 0 unspecified atom stereocenters. The Hall–Kier alpha value is -2.92. The average Bonchev–Trinajstić information content (AvgIpc) is 3.12. The first-order chi connectivity index (χ1) is 14.4. The fraction of sp³-hybridized carbons (Fsp3) is 0.368. The number of benzene rings is 1. The standard InChI is InChI=1S/C19H21ClN4O6S/c1-9(2)31(28,29)14-7-6-12(17(25)15-10(3)21-23(5)18(15)26)16(20)13(14)8-24-19(27)30-11(4)22-24/h6-7,9,26H,8H2,1-5H3. The molecule has 166 valence electrons. The normalized spacial score (nSPS) is 12.0. The van der Waals surface area contributed by atoms with Crippen LogP contribution in [0, 0.1) is 13.8 Å². The molecule has 0 radical (unpaired) electrons. The van der Waals surface area contributed by atoms with Gasteiger partial charge in [-0.25, -0.2) is 17.9 Å². The van der Waals surface area contributed by atoms with Gasteiger partial charge in [-0.3, -0.25) is 4.79 Å². The quantitative estimate of drug-likeness (QED) is 0.542. The summed E-state index contributed by atoms with van der Waals surface area (Å²) in [6.45, 7) is 5.72. The molecule has 0 fully saturated rings. The molecule has 0 spiro atoms. The largest absolute Gasteiger partial charge is 0.493 e. The van der Waals surface area contributed by atoms with Crippen LogP contribution in [0.25, 0.3) is 0 Å². The number of aromatic nitrogens is 4. The number of carbonyl (C=O) groups is 1. The molecule has 0 bridgehead atoms. The molecule has 3 rings (SSSR count). The third-order valence-corrected chi connectivity index (χ3v) is 7.47. The molecule has 0 aliphatic heterocycles. The maximum atomic E-state index is 13.1. The number of halogens is 1. The van der Waals surface area contributed by atoms with Crippen molar-refractivity contribution in [1.82, 2.24) is 19.6 Å². The number of aromatic hydroxyl groups is 1. The first-order valence-electron chi connectivity index (χ1n) is 9.23. The number of nitrogens with zero attached hydrogens (tertiary/aromatic N) is 4. The molecule has 1 aromatic carbocycles. The van der Waals surface area contributed by atoms with Crippen molar-refractivity contribution in [2.75, 3.05) is 0 Å². The third kappa shape index (κ3) is 3.90. The summed E-state index contributed by atoms with van der Waals surface area (Å²) in [4.78, 5) is 25.0. The van der Waals surface area contributed by atoms with Crippen LogP contribution in [0.1, 0.15) is 46.9 Å². The molecule has 0 aliphatic rings. The van der Waals surface area contributed by atoms with Crippen LogP contribution in [0.4, 0.5) is 0 Å². The predicted octanol–water partition coefficient (Wildman–Crippen LogP) is 2.01. The monoisotopic (exact) mass is 468 g/mol. The summed E-state index contributed by atoms with van der Waals surface area (Å²) in [6, 6.07) is 2.55. The highest BCUT2D eigenvalue weighted by atomic mass is 35.5. The van der Waals surface area contributed by atoms with E-state index < -0.39 is 26.6 Å². The van der Waals surface area contributed by atoms with Gasteiger partial charge in [0.1, 0.15) is 5.56 Å². The highest BCUT2D eigenvalue weighted by Gasteiger charge is 2.30. The molecule has 2 heterocycles. The van der Waals surface area contributed by atoms with E-state index in [1.807, 2.05) is 0 Å². The van der Waals surface area contributed by atoms with E-state index in [0.717, 1.165) is 9.36 Å². The molecule has 2 aromatic heterocycles. The summed E-state index contributed by atoms with van der Waals surface area (Å²) in [5, 5.41) is 17.2. The molecule has 31 heavy (non-hydrogen) atoms. The van der Waals surface area contributed by atoms with Gasteiger partial charge in [0.15, 0.2) is 9.84 Å². The number of sulfone groups is 1. The van der Waals surface area contributed by atoms with Crippen LogP contribution in [-0.4, -0.2) is 44.1 Å².